The number of halogens is 1. The second-order valence-corrected chi connectivity index (χ2v) is 8.22. The van der Waals surface area contributed by atoms with E-state index in [2.05, 4.69) is 0 Å². The Bertz CT molecular complexity index is 685. The smallest absolute Gasteiger partial charge is 0.246 e. The molecule has 1 fully saturated rings. The number of amides is 1. The van der Waals surface area contributed by atoms with Gasteiger partial charge in [0.05, 0.1) is 11.9 Å². The Morgan fingerprint density at radius 1 is 1.35 bits per heavy atom. The van der Waals surface area contributed by atoms with Gasteiger partial charge in [0.15, 0.2) is 0 Å². The molecule has 0 unspecified atom stereocenters. The monoisotopic (exact) mass is 358 g/mol. The van der Waals surface area contributed by atoms with E-state index in [-0.39, 0.29) is 5.91 Å². The number of carbonyl (C=O) groups excluding carboxylic acids is 1. The first-order valence-electron chi connectivity index (χ1n) is 7.80. The number of hydrogen-bond donors (Lipinski definition) is 0. The van der Waals surface area contributed by atoms with Gasteiger partial charge in [0.1, 0.15) is 6.04 Å². The fourth-order valence-electron chi connectivity index (χ4n) is 2.91. The van der Waals surface area contributed by atoms with E-state index in [1.54, 1.807) is 23.1 Å². The summed E-state index contributed by atoms with van der Waals surface area (Å²) in [5.74, 6) is -0.132. The fourth-order valence-corrected chi connectivity index (χ4v) is 4.28. The standard InChI is InChI=1S/C16H23ClN2O3S/c1-4-15(16(20)18-9-5-6-10-18)19(23(3,21)22)13-8-7-12(2)14(17)11-13/h7-8,11,15H,4-6,9-10H2,1-3H3/t15-/m1/s1. The zero-order chi connectivity index (χ0) is 17.2. The summed E-state index contributed by atoms with van der Waals surface area (Å²) >= 11 is 6.15. The van der Waals surface area contributed by atoms with E-state index in [1.807, 2.05) is 13.8 Å². The lowest BCUT2D eigenvalue weighted by molar-refractivity contribution is -0.131. The molecule has 1 aromatic carbocycles. The minimum Gasteiger partial charge on any atom is -0.341 e. The molecule has 1 aliphatic rings. The molecule has 7 heteroatoms. The number of hydrogen-bond acceptors (Lipinski definition) is 3. The van der Waals surface area contributed by atoms with E-state index in [0.29, 0.717) is 30.2 Å². The second-order valence-electron chi connectivity index (χ2n) is 5.95. The van der Waals surface area contributed by atoms with Crippen LogP contribution in [-0.4, -0.2) is 44.6 Å². The van der Waals surface area contributed by atoms with Gasteiger partial charge in [-0.05, 0) is 43.9 Å². The van der Waals surface area contributed by atoms with Gasteiger partial charge < -0.3 is 4.90 Å². The van der Waals surface area contributed by atoms with Gasteiger partial charge in [0.25, 0.3) is 0 Å². The van der Waals surface area contributed by atoms with E-state index in [1.165, 1.54) is 4.31 Å². The number of aryl methyl sites for hydroxylation is 1. The van der Waals surface area contributed by atoms with Crippen molar-refractivity contribution in [2.45, 2.75) is 39.2 Å². The maximum Gasteiger partial charge on any atom is 0.246 e. The van der Waals surface area contributed by atoms with Gasteiger partial charge in [-0.3, -0.25) is 9.10 Å². The van der Waals surface area contributed by atoms with Crippen molar-refractivity contribution in [1.82, 2.24) is 4.90 Å². The van der Waals surface area contributed by atoms with Crippen molar-refractivity contribution in [3.63, 3.8) is 0 Å². The lowest BCUT2D eigenvalue weighted by Gasteiger charge is -2.32. The topological polar surface area (TPSA) is 57.7 Å². The molecule has 0 radical (unpaired) electrons. The number of benzene rings is 1. The van der Waals surface area contributed by atoms with Crippen LogP contribution in [-0.2, 0) is 14.8 Å². The van der Waals surface area contributed by atoms with Crippen molar-refractivity contribution in [3.8, 4) is 0 Å². The molecule has 0 saturated carbocycles. The van der Waals surface area contributed by atoms with Crippen molar-refractivity contribution in [2.24, 2.45) is 0 Å². The van der Waals surface area contributed by atoms with Gasteiger partial charge in [-0.1, -0.05) is 24.6 Å². The molecule has 1 amide bonds. The third-order valence-corrected chi connectivity index (χ3v) is 5.73. The first-order chi connectivity index (χ1) is 10.8. The summed E-state index contributed by atoms with van der Waals surface area (Å²) in [7, 11) is -3.61. The molecular formula is C16H23ClN2O3S. The van der Waals surface area contributed by atoms with Gasteiger partial charge >= 0.3 is 0 Å². The Morgan fingerprint density at radius 3 is 2.43 bits per heavy atom. The van der Waals surface area contributed by atoms with E-state index in [9.17, 15) is 13.2 Å². The second kappa shape index (κ2) is 7.09. The van der Waals surface area contributed by atoms with Crippen LogP contribution in [0.15, 0.2) is 18.2 Å². The van der Waals surface area contributed by atoms with Crippen LogP contribution in [0.3, 0.4) is 0 Å². The summed E-state index contributed by atoms with van der Waals surface area (Å²) < 4.78 is 25.9. The van der Waals surface area contributed by atoms with Crippen LogP contribution in [0.25, 0.3) is 0 Å². The van der Waals surface area contributed by atoms with Gasteiger partial charge in [-0.2, -0.15) is 0 Å². The van der Waals surface area contributed by atoms with Crippen molar-refractivity contribution in [2.75, 3.05) is 23.7 Å². The average Bonchev–Trinajstić information content (AvgIpc) is 3.00. The third-order valence-electron chi connectivity index (χ3n) is 4.14. The summed E-state index contributed by atoms with van der Waals surface area (Å²) in [6.45, 7) is 5.07. The van der Waals surface area contributed by atoms with Gasteiger partial charge in [0.2, 0.25) is 15.9 Å². The molecule has 2 rings (SSSR count). The molecule has 1 heterocycles. The number of anilines is 1. The quantitative estimate of drug-likeness (QED) is 0.813. The first kappa shape index (κ1) is 18.1. The molecule has 5 nitrogen and oxygen atoms in total. The number of nitrogens with zero attached hydrogens (tertiary/aromatic N) is 2. The van der Waals surface area contributed by atoms with Crippen molar-refractivity contribution in [3.05, 3.63) is 28.8 Å². The highest BCUT2D eigenvalue weighted by Gasteiger charge is 2.35. The molecular weight excluding hydrogens is 336 g/mol. The largest absolute Gasteiger partial charge is 0.341 e. The zero-order valence-corrected chi connectivity index (χ0v) is 15.3. The van der Waals surface area contributed by atoms with Crippen LogP contribution in [0.5, 0.6) is 0 Å². The van der Waals surface area contributed by atoms with E-state index < -0.39 is 16.1 Å². The molecule has 0 aromatic heterocycles. The van der Waals surface area contributed by atoms with Crippen LogP contribution < -0.4 is 4.31 Å². The number of sulfonamides is 1. The molecule has 0 spiro atoms. The highest BCUT2D eigenvalue weighted by atomic mass is 35.5. The summed E-state index contributed by atoms with van der Waals surface area (Å²) in [6, 6.07) is 4.34. The van der Waals surface area contributed by atoms with Crippen molar-refractivity contribution < 1.29 is 13.2 Å². The highest BCUT2D eigenvalue weighted by Crippen LogP contribution is 2.28. The van der Waals surface area contributed by atoms with E-state index in [0.717, 1.165) is 24.7 Å². The predicted molar refractivity (Wildman–Crippen MR) is 93.4 cm³/mol. The molecule has 0 aliphatic carbocycles. The van der Waals surface area contributed by atoms with E-state index >= 15 is 0 Å². The maximum absolute atomic E-state index is 12.8. The Balaban J connectivity index is 2.43. The first-order valence-corrected chi connectivity index (χ1v) is 10.0. The number of carbonyl (C=O) groups is 1. The van der Waals surface area contributed by atoms with Crippen molar-refractivity contribution >= 4 is 33.2 Å². The van der Waals surface area contributed by atoms with Gasteiger partial charge in [0, 0.05) is 18.1 Å². The number of likely N-dealkylation sites (tertiary alicyclic amines) is 1. The Hall–Kier alpha value is -1.27. The van der Waals surface area contributed by atoms with Gasteiger partial charge in [-0.25, -0.2) is 8.42 Å². The summed E-state index contributed by atoms with van der Waals surface area (Å²) in [5.41, 5.74) is 1.30. The van der Waals surface area contributed by atoms with Crippen molar-refractivity contribution in [1.29, 1.82) is 0 Å². The van der Waals surface area contributed by atoms with Crippen LogP contribution in [0.1, 0.15) is 31.7 Å². The molecule has 0 bridgehead atoms. The summed E-state index contributed by atoms with van der Waals surface area (Å²) in [5, 5.41) is 0.486. The van der Waals surface area contributed by atoms with Crippen LogP contribution >= 0.6 is 11.6 Å². The highest BCUT2D eigenvalue weighted by molar-refractivity contribution is 7.92. The van der Waals surface area contributed by atoms with Gasteiger partial charge in [-0.15, -0.1) is 0 Å². The maximum atomic E-state index is 12.8. The Kier molecular flexibility index (Phi) is 5.57. The van der Waals surface area contributed by atoms with Crippen LogP contribution in [0.4, 0.5) is 5.69 Å². The molecule has 1 aliphatic heterocycles. The normalized spacial score (nSPS) is 16.4. The minimum atomic E-state index is -3.61. The SMILES string of the molecule is CC[C@H](C(=O)N1CCCC1)N(c1ccc(C)c(Cl)c1)S(C)(=O)=O. The summed E-state index contributed by atoms with van der Waals surface area (Å²) in [6.07, 6.45) is 3.48. The Labute approximate surface area is 143 Å². The molecule has 0 N–H and O–H groups in total. The number of rotatable bonds is 5. The van der Waals surface area contributed by atoms with Crippen LogP contribution in [0, 0.1) is 6.92 Å². The molecule has 128 valence electrons. The average molecular weight is 359 g/mol. The molecule has 1 saturated heterocycles. The third kappa shape index (κ3) is 3.98. The molecule has 1 aromatic rings. The zero-order valence-electron chi connectivity index (χ0n) is 13.8. The molecule has 23 heavy (non-hydrogen) atoms. The summed E-state index contributed by atoms with van der Waals surface area (Å²) in [4.78, 5) is 14.5. The van der Waals surface area contributed by atoms with E-state index in [4.69, 9.17) is 11.6 Å². The lowest BCUT2D eigenvalue weighted by Crippen LogP contribution is -2.50. The molecule has 1 atom stereocenters. The Morgan fingerprint density at radius 2 is 1.96 bits per heavy atom. The fraction of sp³-hybridized carbons (Fsp3) is 0.562. The lowest BCUT2D eigenvalue weighted by atomic mass is 10.1. The predicted octanol–water partition coefficient (Wildman–Crippen LogP) is 2.82. The minimum absolute atomic E-state index is 0.132. The van der Waals surface area contributed by atoms with Crippen LogP contribution in [0.2, 0.25) is 5.02 Å².